The van der Waals surface area contributed by atoms with Gasteiger partial charge in [0.25, 0.3) is 5.91 Å². The van der Waals surface area contributed by atoms with Crippen molar-refractivity contribution < 1.29 is 19.1 Å². The summed E-state index contributed by atoms with van der Waals surface area (Å²) in [7, 11) is 0. The van der Waals surface area contributed by atoms with Crippen LogP contribution in [-0.2, 0) is 20.9 Å². The molecule has 2 aromatic carbocycles. The number of rotatable bonds is 6. The molecule has 0 bridgehead atoms. The lowest BCUT2D eigenvalue weighted by Gasteiger charge is -2.39. The van der Waals surface area contributed by atoms with Crippen LogP contribution in [0.3, 0.4) is 0 Å². The first kappa shape index (κ1) is 22.2. The van der Waals surface area contributed by atoms with Crippen molar-refractivity contribution in [3.05, 3.63) is 70.4 Å². The number of benzene rings is 2. The summed E-state index contributed by atoms with van der Waals surface area (Å²) in [5.41, 5.74) is 1.75. The quantitative estimate of drug-likeness (QED) is 0.645. The molecule has 1 saturated heterocycles. The van der Waals surface area contributed by atoms with Gasteiger partial charge in [-0.15, -0.1) is 0 Å². The van der Waals surface area contributed by atoms with Crippen LogP contribution in [0.1, 0.15) is 37.3 Å². The van der Waals surface area contributed by atoms with Gasteiger partial charge < -0.3 is 20.1 Å². The molecule has 168 valence electrons. The number of hydrogen-bond acceptors (Lipinski definition) is 4. The molecule has 1 heterocycles. The number of ether oxygens (including phenoxy) is 2. The zero-order chi connectivity index (χ0) is 22.5. The Morgan fingerprint density at radius 1 is 1.22 bits per heavy atom. The number of carbonyl (C=O) groups excluding carboxylic acids is 2. The molecule has 2 amide bonds. The molecule has 0 spiro atoms. The zero-order valence-electron chi connectivity index (χ0n) is 18.0. The molecule has 0 radical (unpaired) electrons. The van der Waals surface area contributed by atoms with Gasteiger partial charge in [0, 0.05) is 17.5 Å². The van der Waals surface area contributed by atoms with Crippen LogP contribution in [0.5, 0.6) is 5.75 Å². The Hall–Kier alpha value is -2.99. The summed E-state index contributed by atoms with van der Waals surface area (Å²) in [5, 5.41) is 6.59. The molecule has 32 heavy (non-hydrogen) atoms. The second-order valence-corrected chi connectivity index (χ2v) is 8.48. The second-order valence-electron chi connectivity index (χ2n) is 8.07. The van der Waals surface area contributed by atoms with E-state index in [4.69, 9.17) is 21.1 Å². The Morgan fingerprint density at radius 3 is 2.75 bits per heavy atom. The van der Waals surface area contributed by atoms with E-state index < -0.39 is 0 Å². The minimum Gasteiger partial charge on any atom is -0.494 e. The topological polar surface area (TPSA) is 76.7 Å². The largest absolute Gasteiger partial charge is 0.494 e. The second kappa shape index (κ2) is 10.1. The summed E-state index contributed by atoms with van der Waals surface area (Å²) < 4.78 is 11.4. The van der Waals surface area contributed by atoms with Crippen LogP contribution >= 0.6 is 11.6 Å². The molecule has 1 saturated carbocycles. The van der Waals surface area contributed by atoms with Gasteiger partial charge >= 0.3 is 0 Å². The number of hydrogen-bond donors (Lipinski definition) is 2. The van der Waals surface area contributed by atoms with E-state index in [1.807, 2.05) is 49.4 Å². The van der Waals surface area contributed by atoms with Crippen LogP contribution in [0.4, 0.5) is 0 Å². The van der Waals surface area contributed by atoms with Gasteiger partial charge in [0.05, 0.1) is 12.6 Å². The van der Waals surface area contributed by atoms with Crippen LogP contribution in [0.15, 0.2) is 54.3 Å². The third kappa shape index (κ3) is 5.25. The highest BCUT2D eigenvalue weighted by Gasteiger charge is 2.40. The first-order valence-corrected chi connectivity index (χ1v) is 11.3. The Labute approximate surface area is 192 Å². The lowest BCUT2D eigenvalue weighted by Crippen LogP contribution is -2.54. The van der Waals surface area contributed by atoms with Gasteiger partial charge in [0.15, 0.2) is 5.76 Å². The van der Waals surface area contributed by atoms with Gasteiger partial charge in [-0.2, -0.15) is 0 Å². The van der Waals surface area contributed by atoms with Gasteiger partial charge in [0.1, 0.15) is 11.9 Å². The van der Waals surface area contributed by atoms with Crippen molar-refractivity contribution in [2.75, 3.05) is 6.61 Å². The average Bonchev–Trinajstić information content (AvgIpc) is 2.80. The van der Waals surface area contributed by atoms with E-state index in [2.05, 4.69) is 10.6 Å². The first-order valence-electron chi connectivity index (χ1n) is 11.0. The van der Waals surface area contributed by atoms with E-state index in [0.29, 0.717) is 37.4 Å². The number of morpholine rings is 1. The third-order valence-electron chi connectivity index (χ3n) is 5.87. The molecule has 6 nitrogen and oxygen atoms in total. The summed E-state index contributed by atoms with van der Waals surface area (Å²) in [6.07, 6.45) is 3.50. The predicted molar refractivity (Wildman–Crippen MR) is 123 cm³/mol. The normalized spacial score (nSPS) is 23.6. The Morgan fingerprint density at radius 2 is 2.00 bits per heavy atom. The van der Waals surface area contributed by atoms with Crippen molar-refractivity contribution in [2.45, 2.75) is 44.9 Å². The molecule has 4 rings (SSSR count). The van der Waals surface area contributed by atoms with Gasteiger partial charge in [-0.25, -0.2) is 0 Å². The Kier molecular flexibility index (Phi) is 7.00. The molecule has 3 unspecified atom stereocenters. The van der Waals surface area contributed by atoms with Crippen molar-refractivity contribution in [3.63, 3.8) is 0 Å². The highest BCUT2D eigenvalue weighted by atomic mass is 35.5. The van der Waals surface area contributed by atoms with E-state index in [1.165, 1.54) is 0 Å². The summed E-state index contributed by atoms with van der Waals surface area (Å²) in [6.45, 7) is 3.03. The minimum absolute atomic E-state index is 0.00369. The molecule has 2 aromatic rings. The number of nitrogens with one attached hydrogen (secondary N) is 2. The van der Waals surface area contributed by atoms with Crippen molar-refractivity contribution in [1.29, 1.82) is 0 Å². The lowest BCUT2D eigenvalue weighted by molar-refractivity contribution is -0.134. The maximum absolute atomic E-state index is 12.7. The fourth-order valence-corrected chi connectivity index (χ4v) is 4.36. The molecule has 2 fully saturated rings. The van der Waals surface area contributed by atoms with Crippen molar-refractivity contribution in [1.82, 2.24) is 10.6 Å². The molecule has 2 N–H and O–H groups in total. The van der Waals surface area contributed by atoms with E-state index in [0.717, 1.165) is 16.9 Å². The van der Waals surface area contributed by atoms with Crippen LogP contribution < -0.4 is 15.4 Å². The van der Waals surface area contributed by atoms with Gasteiger partial charge in [-0.05, 0) is 61.6 Å². The minimum atomic E-state index is -0.276. The van der Waals surface area contributed by atoms with Crippen molar-refractivity contribution in [3.8, 4) is 5.75 Å². The van der Waals surface area contributed by atoms with Crippen LogP contribution in [0, 0.1) is 5.92 Å². The van der Waals surface area contributed by atoms with E-state index >= 15 is 0 Å². The van der Waals surface area contributed by atoms with Crippen LogP contribution in [0.25, 0.3) is 6.08 Å². The zero-order valence-corrected chi connectivity index (χ0v) is 18.7. The van der Waals surface area contributed by atoms with E-state index in [1.54, 1.807) is 12.1 Å². The molecule has 0 aromatic heterocycles. The maximum atomic E-state index is 12.7. The number of halogens is 1. The van der Waals surface area contributed by atoms with Crippen molar-refractivity contribution >= 4 is 29.5 Å². The predicted octanol–water partition coefficient (Wildman–Crippen LogP) is 4.08. The summed E-state index contributed by atoms with van der Waals surface area (Å²) in [5.74, 6) is 0.650. The smallest absolute Gasteiger partial charge is 0.286 e. The molecular formula is C25H27ClN2O4. The fraction of sp³-hybridized carbons (Fsp3) is 0.360. The van der Waals surface area contributed by atoms with Gasteiger partial charge in [0.2, 0.25) is 5.91 Å². The number of amides is 2. The SMILES string of the molecule is CCOc1ccc(CNC(=O)C2CCC3O/C(=C\c4ccccc4Cl)C(=O)NC3C2)cc1. The van der Waals surface area contributed by atoms with E-state index in [9.17, 15) is 9.59 Å². The standard InChI is InChI=1S/C25H27ClN2O4/c1-2-31-19-10-7-16(8-11-19)15-27-24(29)18-9-12-22-21(13-18)28-25(30)23(32-22)14-17-5-3-4-6-20(17)26/h3-8,10-11,14,18,21-22H,2,9,12-13,15H2,1H3,(H,27,29)(H,28,30)/b23-14-. The molecule has 2 aliphatic rings. The molecule has 3 atom stereocenters. The highest BCUT2D eigenvalue weighted by molar-refractivity contribution is 6.32. The molecule has 7 heteroatoms. The third-order valence-corrected chi connectivity index (χ3v) is 6.21. The average molecular weight is 455 g/mol. The van der Waals surface area contributed by atoms with E-state index in [-0.39, 0.29) is 35.6 Å². The monoisotopic (exact) mass is 454 g/mol. The van der Waals surface area contributed by atoms with Crippen LogP contribution in [0.2, 0.25) is 5.02 Å². The summed E-state index contributed by atoms with van der Waals surface area (Å²) in [6, 6.07) is 14.8. The maximum Gasteiger partial charge on any atom is 0.286 e. The Balaban J connectivity index is 1.32. The lowest BCUT2D eigenvalue weighted by atomic mass is 9.82. The van der Waals surface area contributed by atoms with Crippen LogP contribution in [-0.4, -0.2) is 30.6 Å². The molecule has 1 aliphatic carbocycles. The summed E-state index contributed by atoms with van der Waals surface area (Å²) in [4.78, 5) is 25.3. The number of carbonyl (C=O) groups is 2. The Bertz CT molecular complexity index is 1010. The van der Waals surface area contributed by atoms with Gasteiger partial charge in [-0.3, -0.25) is 9.59 Å². The number of fused-ring (bicyclic) bond motifs is 1. The van der Waals surface area contributed by atoms with Gasteiger partial charge in [-0.1, -0.05) is 41.9 Å². The summed E-state index contributed by atoms with van der Waals surface area (Å²) >= 11 is 6.20. The van der Waals surface area contributed by atoms with Crippen molar-refractivity contribution in [2.24, 2.45) is 5.92 Å². The molecule has 1 aliphatic heterocycles. The highest BCUT2D eigenvalue weighted by Crippen LogP contribution is 2.32. The fourth-order valence-electron chi connectivity index (χ4n) is 4.17. The first-order chi connectivity index (χ1) is 15.5. The molecular weight excluding hydrogens is 428 g/mol.